The largest absolute Gasteiger partial charge is 0.478 e. The van der Waals surface area contributed by atoms with Crippen LogP contribution < -0.4 is 5.32 Å². The van der Waals surface area contributed by atoms with E-state index in [9.17, 15) is 9.59 Å². The molecule has 0 bridgehead atoms. The average Bonchev–Trinajstić information content (AvgIpc) is 2.73. The van der Waals surface area contributed by atoms with Crippen LogP contribution in [0.15, 0.2) is 29.2 Å². The molecule has 1 amide bonds. The summed E-state index contributed by atoms with van der Waals surface area (Å²) in [5, 5.41) is 11.9. The zero-order chi connectivity index (χ0) is 12.3. The molecule has 5 heteroatoms. The third kappa shape index (κ3) is 3.00. The number of thioether (sulfide) groups is 1. The molecule has 1 aromatic rings. The van der Waals surface area contributed by atoms with Crippen LogP contribution in [0.2, 0.25) is 0 Å². The number of carboxylic acid groups (broad SMARTS) is 1. The minimum atomic E-state index is -0.913. The Hall–Kier alpha value is -1.49. The highest BCUT2D eigenvalue weighted by molar-refractivity contribution is 7.99. The molecule has 1 aliphatic rings. The van der Waals surface area contributed by atoms with E-state index in [4.69, 9.17) is 5.11 Å². The van der Waals surface area contributed by atoms with Gasteiger partial charge in [0.05, 0.1) is 5.56 Å². The fourth-order valence-electron chi connectivity index (χ4n) is 1.76. The van der Waals surface area contributed by atoms with Crippen molar-refractivity contribution in [3.8, 4) is 0 Å². The maximum absolute atomic E-state index is 11.0. The van der Waals surface area contributed by atoms with Gasteiger partial charge in [0, 0.05) is 23.1 Å². The fourth-order valence-corrected chi connectivity index (χ4v) is 2.88. The van der Waals surface area contributed by atoms with Crippen LogP contribution in [-0.4, -0.2) is 28.8 Å². The smallest absolute Gasteiger partial charge is 0.336 e. The number of carbonyl (C=O) groups is 2. The second-order valence-corrected chi connectivity index (χ2v) is 4.98. The molecule has 1 atom stereocenters. The van der Waals surface area contributed by atoms with E-state index < -0.39 is 5.97 Å². The van der Waals surface area contributed by atoms with Crippen molar-refractivity contribution in [1.29, 1.82) is 0 Å². The summed E-state index contributed by atoms with van der Waals surface area (Å²) in [4.78, 5) is 22.8. The van der Waals surface area contributed by atoms with E-state index in [1.165, 1.54) is 11.8 Å². The predicted molar refractivity (Wildman–Crippen MR) is 65.3 cm³/mol. The number of benzene rings is 1. The minimum absolute atomic E-state index is 0.0853. The molecular weight excluding hydrogens is 238 g/mol. The van der Waals surface area contributed by atoms with Crippen molar-refractivity contribution in [2.24, 2.45) is 0 Å². The number of amides is 1. The zero-order valence-corrected chi connectivity index (χ0v) is 10.00. The lowest BCUT2D eigenvalue weighted by atomic mass is 10.2. The number of hydrogen-bond donors (Lipinski definition) is 2. The Morgan fingerprint density at radius 2 is 2.24 bits per heavy atom. The third-order valence-electron chi connectivity index (χ3n) is 2.64. The monoisotopic (exact) mass is 251 g/mol. The summed E-state index contributed by atoms with van der Waals surface area (Å²) < 4.78 is 0. The van der Waals surface area contributed by atoms with Gasteiger partial charge in [0.1, 0.15) is 0 Å². The Labute approximate surface area is 103 Å². The van der Waals surface area contributed by atoms with E-state index in [0.29, 0.717) is 12.0 Å². The summed E-state index contributed by atoms with van der Waals surface area (Å²) in [5.41, 5.74) is 0.321. The average molecular weight is 251 g/mol. The predicted octanol–water partition coefficient (Wildman–Crippen LogP) is 1.76. The number of aromatic carboxylic acids is 1. The van der Waals surface area contributed by atoms with Crippen LogP contribution >= 0.6 is 11.8 Å². The molecule has 1 fully saturated rings. The second-order valence-electron chi connectivity index (χ2n) is 3.92. The topological polar surface area (TPSA) is 66.4 Å². The van der Waals surface area contributed by atoms with Crippen LogP contribution in [-0.2, 0) is 4.79 Å². The van der Waals surface area contributed by atoms with Gasteiger partial charge in [-0.1, -0.05) is 12.1 Å². The number of nitrogens with one attached hydrogen (secondary N) is 1. The quantitative estimate of drug-likeness (QED) is 0.800. The lowest BCUT2D eigenvalue weighted by molar-refractivity contribution is -0.119. The molecule has 0 spiro atoms. The SMILES string of the molecule is O=C1CCC(CSc2ccccc2C(=O)O)N1. The molecule has 0 aliphatic carbocycles. The van der Waals surface area contributed by atoms with Gasteiger partial charge in [0.25, 0.3) is 0 Å². The number of hydrogen-bond acceptors (Lipinski definition) is 3. The first kappa shape index (κ1) is 12.0. The second kappa shape index (κ2) is 5.23. The molecule has 17 heavy (non-hydrogen) atoms. The molecule has 1 aromatic carbocycles. The Bertz CT molecular complexity index is 447. The molecule has 2 N–H and O–H groups in total. The molecule has 0 radical (unpaired) electrons. The van der Waals surface area contributed by atoms with Crippen LogP contribution in [0.5, 0.6) is 0 Å². The third-order valence-corrected chi connectivity index (χ3v) is 3.88. The summed E-state index contributed by atoms with van der Waals surface area (Å²) in [6.45, 7) is 0. The van der Waals surface area contributed by atoms with Gasteiger partial charge in [0.2, 0.25) is 5.91 Å². The van der Waals surface area contributed by atoms with Gasteiger partial charge in [-0.15, -0.1) is 11.8 Å². The summed E-state index contributed by atoms with van der Waals surface area (Å²) in [7, 11) is 0. The first-order valence-electron chi connectivity index (χ1n) is 5.41. The van der Waals surface area contributed by atoms with Crippen LogP contribution in [0, 0.1) is 0 Å². The van der Waals surface area contributed by atoms with E-state index in [-0.39, 0.29) is 11.9 Å². The van der Waals surface area contributed by atoms with Crippen molar-refractivity contribution in [3.05, 3.63) is 29.8 Å². The Morgan fingerprint density at radius 3 is 2.88 bits per heavy atom. The van der Waals surface area contributed by atoms with Gasteiger partial charge in [-0.05, 0) is 18.6 Å². The summed E-state index contributed by atoms with van der Waals surface area (Å²) >= 11 is 1.48. The molecule has 0 aromatic heterocycles. The highest BCUT2D eigenvalue weighted by Crippen LogP contribution is 2.25. The van der Waals surface area contributed by atoms with Crippen molar-refractivity contribution in [2.75, 3.05) is 5.75 Å². The van der Waals surface area contributed by atoms with E-state index in [0.717, 1.165) is 17.1 Å². The summed E-state index contributed by atoms with van der Waals surface area (Å²) in [6.07, 6.45) is 1.41. The standard InChI is InChI=1S/C12H13NO3S/c14-11-6-5-8(13-11)7-17-10-4-2-1-3-9(10)12(15)16/h1-4,8H,5-7H2,(H,13,14)(H,15,16). The summed E-state index contributed by atoms with van der Waals surface area (Å²) in [6, 6.07) is 7.09. The van der Waals surface area contributed by atoms with Gasteiger partial charge < -0.3 is 10.4 Å². The van der Waals surface area contributed by atoms with Crippen LogP contribution in [0.3, 0.4) is 0 Å². The van der Waals surface area contributed by atoms with Crippen LogP contribution in [0.1, 0.15) is 23.2 Å². The molecule has 4 nitrogen and oxygen atoms in total. The maximum Gasteiger partial charge on any atom is 0.336 e. The molecule has 1 heterocycles. The van der Waals surface area contributed by atoms with Gasteiger partial charge in [-0.2, -0.15) is 0 Å². The van der Waals surface area contributed by atoms with Gasteiger partial charge in [0.15, 0.2) is 0 Å². The van der Waals surface area contributed by atoms with E-state index in [2.05, 4.69) is 5.32 Å². The fraction of sp³-hybridized carbons (Fsp3) is 0.333. The highest BCUT2D eigenvalue weighted by atomic mass is 32.2. The molecule has 1 saturated heterocycles. The number of carbonyl (C=O) groups excluding carboxylic acids is 1. The molecule has 1 aliphatic heterocycles. The number of rotatable bonds is 4. The van der Waals surface area contributed by atoms with Crippen LogP contribution in [0.25, 0.3) is 0 Å². The maximum atomic E-state index is 11.0. The lowest BCUT2D eigenvalue weighted by Gasteiger charge is -2.10. The minimum Gasteiger partial charge on any atom is -0.478 e. The van der Waals surface area contributed by atoms with Crippen LogP contribution in [0.4, 0.5) is 0 Å². The molecule has 90 valence electrons. The zero-order valence-electron chi connectivity index (χ0n) is 9.18. The lowest BCUT2D eigenvalue weighted by Crippen LogP contribution is -2.27. The van der Waals surface area contributed by atoms with Crippen molar-refractivity contribution >= 4 is 23.6 Å². The van der Waals surface area contributed by atoms with E-state index >= 15 is 0 Å². The molecular formula is C12H13NO3S. The normalized spacial score (nSPS) is 19.1. The van der Waals surface area contributed by atoms with Crippen molar-refractivity contribution in [3.63, 3.8) is 0 Å². The van der Waals surface area contributed by atoms with Gasteiger partial charge in [-0.3, -0.25) is 4.79 Å². The van der Waals surface area contributed by atoms with Crippen molar-refractivity contribution < 1.29 is 14.7 Å². The van der Waals surface area contributed by atoms with Gasteiger partial charge in [-0.25, -0.2) is 4.79 Å². The Balaban J connectivity index is 1.99. The van der Waals surface area contributed by atoms with Gasteiger partial charge >= 0.3 is 5.97 Å². The Morgan fingerprint density at radius 1 is 1.47 bits per heavy atom. The van der Waals surface area contributed by atoms with Crippen molar-refractivity contribution in [2.45, 2.75) is 23.8 Å². The first-order valence-corrected chi connectivity index (χ1v) is 6.40. The van der Waals surface area contributed by atoms with Crippen molar-refractivity contribution in [1.82, 2.24) is 5.32 Å². The molecule has 2 rings (SSSR count). The molecule has 0 saturated carbocycles. The first-order chi connectivity index (χ1) is 8.16. The Kier molecular flexibility index (Phi) is 3.68. The molecule has 1 unspecified atom stereocenters. The van der Waals surface area contributed by atoms with E-state index in [1.807, 2.05) is 6.07 Å². The highest BCUT2D eigenvalue weighted by Gasteiger charge is 2.21. The summed E-state index contributed by atoms with van der Waals surface area (Å²) in [5.74, 6) is -0.110. The number of carboxylic acids is 1. The van der Waals surface area contributed by atoms with E-state index in [1.54, 1.807) is 18.2 Å².